The van der Waals surface area contributed by atoms with E-state index in [1.165, 1.54) is 6.07 Å². The van der Waals surface area contributed by atoms with Crippen molar-refractivity contribution in [1.29, 1.82) is 0 Å². The Bertz CT molecular complexity index is 923. The van der Waals surface area contributed by atoms with Gasteiger partial charge in [-0.3, -0.25) is 4.90 Å². The number of hydrogen-bond acceptors (Lipinski definition) is 3. The maximum Gasteiger partial charge on any atom is 0.145 e. The summed E-state index contributed by atoms with van der Waals surface area (Å²) in [6, 6.07) is 9.28. The predicted molar refractivity (Wildman–Crippen MR) is 103 cm³/mol. The Kier molecular flexibility index (Phi) is 4.06. The van der Waals surface area contributed by atoms with Crippen molar-refractivity contribution < 1.29 is 14.2 Å². The van der Waals surface area contributed by atoms with Crippen molar-refractivity contribution in [3.63, 3.8) is 0 Å². The van der Waals surface area contributed by atoms with Crippen LogP contribution in [0, 0.1) is 5.82 Å². The molecule has 3 nitrogen and oxygen atoms in total. The van der Waals surface area contributed by atoms with E-state index < -0.39 is 5.72 Å². The van der Waals surface area contributed by atoms with E-state index in [9.17, 15) is 5.11 Å². The van der Waals surface area contributed by atoms with Gasteiger partial charge in [-0.15, -0.1) is 0 Å². The molecule has 0 amide bonds. The number of halogens is 1. The molecule has 3 aliphatic rings. The van der Waals surface area contributed by atoms with Crippen LogP contribution in [0.2, 0.25) is 0 Å². The number of nitrogens with zero attached hydrogens (tertiary/aromatic N) is 1. The molecule has 0 radical (unpaired) electrons. The van der Waals surface area contributed by atoms with E-state index in [-0.39, 0.29) is 5.82 Å². The summed E-state index contributed by atoms with van der Waals surface area (Å²) in [6.07, 6.45) is 8.42. The van der Waals surface area contributed by atoms with Crippen LogP contribution in [0.15, 0.2) is 42.5 Å². The molecule has 2 aliphatic heterocycles. The molecule has 5 rings (SSSR count). The molecule has 27 heavy (non-hydrogen) atoms. The molecular formula is C23H24FNO2. The summed E-state index contributed by atoms with van der Waals surface area (Å²) in [5.41, 5.74) is 3.33. The molecule has 2 aromatic carbocycles. The normalized spacial score (nSPS) is 24.4. The van der Waals surface area contributed by atoms with Crippen molar-refractivity contribution in [2.75, 3.05) is 19.7 Å². The van der Waals surface area contributed by atoms with Crippen molar-refractivity contribution in [3.05, 3.63) is 65.0 Å². The van der Waals surface area contributed by atoms with Crippen LogP contribution in [0.5, 0.6) is 5.75 Å². The summed E-state index contributed by atoms with van der Waals surface area (Å²) < 4.78 is 21.0. The van der Waals surface area contributed by atoms with E-state index in [1.54, 1.807) is 6.07 Å². The molecular weight excluding hydrogens is 341 g/mol. The lowest BCUT2D eigenvalue weighted by Gasteiger charge is -2.38. The second kappa shape index (κ2) is 6.47. The van der Waals surface area contributed by atoms with Crippen molar-refractivity contribution in [1.82, 2.24) is 4.90 Å². The molecule has 0 spiro atoms. The van der Waals surface area contributed by atoms with Crippen molar-refractivity contribution in [2.45, 2.75) is 37.8 Å². The van der Waals surface area contributed by atoms with Gasteiger partial charge in [-0.1, -0.05) is 36.4 Å². The summed E-state index contributed by atoms with van der Waals surface area (Å²) in [7, 11) is 0. The number of benzene rings is 2. The van der Waals surface area contributed by atoms with E-state index in [1.807, 2.05) is 12.1 Å². The van der Waals surface area contributed by atoms with Gasteiger partial charge >= 0.3 is 0 Å². The zero-order valence-electron chi connectivity index (χ0n) is 15.4. The summed E-state index contributed by atoms with van der Waals surface area (Å²) in [6.45, 7) is 2.22. The molecule has 0 fully saturated rings. The first-order valence-corrected chi connectivity index (χ1v) is 9.88. The van der Waals surface area contributed by atoms with E-state index >= 15 is 4.39 Å². The number of rotatable bonds is 2. The fraction of sp³-hybridized carbons (Fsp3) is 0.391. The van der Waals surface area contributed by atoms with Crippen LogP contribution in [0.25, 0.3) is 11.1 Å². The molecule has 1 atom stereocenters. The quantitative estimate of drug-likeness (QED) is 0.811. The van der Waals surface area contributed by atoms with E-state index in [0.29, 0.717) is 25.0 Å². The van der Waals surface area contributed by atoms with Crippen LogP contribution in [0.3, 0.4) is 0 Å². The minimum atomic E-state index is -1.02. The molecule has 0 aromatic heterocycles. The van der Waals surface area contributed by atoms with Crippen molar-refractivity contribution in [3.8, 4) is 16.9 Å². The summed E-state index contributed by atoms with van der Waals surface area (Å²) in [5, 5.41) is 11.5. The Morgan fingerprint density at radius 2 is 2.04 bits per heavy atom. The fourth-order valence-electron chi connectivity index (χ4n) is 4.87. The van der Waals surface area contributed by atoms with Gasteiger partial charge < -0.3 is 9.84 Å². The number of hydrogen-bond donors (Lipinski definition) is 1. The molecule has 2 heterocycles. The third-order valence-corrected chi connectivity index (χ3v) is 6.20. The zero-order valence-corrected chi connectivity index (χ0v) is 15.4. The van der Waals surface area contributed by atoms with Crippen LogP contribution < -0.4 is 4.74 Å². The second-order valence-corrected chi connectivity index (χ2v) is 7.72. The van der Waals surface area contributed by atoms with Gasteiger partial charge in [0.25, 0.3) is 0 Å². The van der Waals surface area contributed by atoms with Crippen molar-refractivity contribution in [2.24, 2.45) is 0 Å². The highest BCUT2D eigenvalue weighted by molar-refractivity contribution is 5.77. The minimum Gasteiger partial charge on any atom is -0.493 e. The van der Waals surface area contributed by atoms with E-state index in [0.717, 1.165) is 60.4 Å². The first-order valence-electron chi connectivity index (χ1n) is 9.88. The highest BCUT2D eigenvalue weighted by atomic mass is 19.1. The number of para-hydroxylation sites is 1. The molecule has 0 saturated carbocycles. The molecule has 140 valence electrons. The van der Waals surface area contributed by atoms with Gasteiger partial charge in [-0.2, -0.15) is 0 Å². The van der Waals surface area contributed by atoms with Crippen LogP contribution in [-0.4, -0.2) is 29.7 Å². The maximum atomic E-state index is 15.0. The average Bonchev–Trinajstić information content (AvgIpc) is 3.06. The monoisotopic (exact) mass is 365 g/mol. The smallest absolute Gasteiger partial charge is 0.145 e. The van der Waals surface area contributed by atoms with Gasteiger partial charge in [-0.25, -0.2) is 4.39 Å². The maximum absolute atomic E-state index is 15.0. The average molecular weight is 365 g/mol. The third-order valence-electron chi connectivity index (χ3n) is 6.20. The number of ether oxygens (including phenoxy) is 1. The lowest BCUT2D eigenvalue weighted by atomic mass is 9.91. The van der Waals surface area contributed by atoms with Gasteiger partial charge in [0.15, 0.2) is 0 Å². The molecule has 0 saturated heterocycles. The first-order chi connectivity index (χ1) is 13.2. The third kappa shape index (κ3) is 2.62. The Morgan fingerprint density at radius 3 is 2.89 bits per heavy atom. The zero-order chi connectivity index (χ0) is 18.4. The van der Waals surface area contributed by atoms with Crippen molar-refractivity contribution >= 4 is 0 Å². The number of fused-ring (bicyclic) bond motifs is 2. The fourth-order valence-corrected chi connectivity index (χ4v) is 4.87. The van der Waals surface area contributed by atoms with Gasteiger partial charge in [0.1, 0.15) is 17.3 Å². The molecule has 4 heteroatoms. The lowest BCUT2D eigenvalue weighted by Crippen LogP contribution is -2.46. The van der Waals surface area contributed by atoms with Gasteiger partial charge in [0, 0.05) is 29.8 Å². The predicted octanol–water partition coefficient (Wildman–Crippen LogP) is 4.17. The number of aliphatic hydroxyl groups is 1. The molecule has 1 aliphatic carbocycles. The summed E-state index contributed by atoms with van der Waals surface area (Å²) in [5.74, 6) is 0.575. The van der Waals surface area contributed by atoms with Crippen LogP contribution >= 0.6 is 0 Å². The molecule has 0 bridgehead atoms. The first kappa shape index (κ1) is 17.0. The van der Waals surface area contributed by atoms with Gasteiger partial charge in [-0.05, 0) is 49.3 Å². The lowest BCUT2D eigenvalue weighted by molar-refractivity contribution is -0.110. The van der Waals surface area contributed by atoms with Crippen LogP contribution in [0.1, 0.15) is 36.0 Å². The van der Waals surface area contributed by atoms with E-state index in [2.05, 4.69) is 23.1 Å². The Labute approximate surface area is 159 Å². The Hall–Kier alpha value is -2.17. The minimum absolute atomic E-state index is 0.237. The van der Waals surface area contributed by atoms with Gasteiger partial charge in [0.2, 0.25) is 0 Å². The van der Waals surface area contributed by atoms with E-state index in [4.69, 9.17) is 4.74 Å². The summed E-state index contributed by atoms with van der Waals surface area (Å²) in [4.78, 5) is 2.11. The Morgan fingerprint density at radius 1 is 1.11 bits per heavy atom. The molecule has 1 N–H and O–H groups in total. The second-order valence-electron chi connectivity index (χ2n) is 7.72. The highest BCUT2D eigenvalue weighted by Gasteiger charge is 2.43. The summed E-state index contributed by atoms with van der Waals surface area (Å²) >= 11 is 0. The topological polar surface area (TPSA) is 32.7 Å². The largest absolute Gasteiger partial charge is 0.493 e. The SMILES string of the molecule is OC1(N2CC=CCC2)CCc2c1ccc(F)c2-c1cccc2c1OCCC2. The van der Waals surface area contributed by atoms with Crippen LogP contribution in [-0.2, 0) is 18.6 Å². The highest BCUT2D eigenvalue weighted by Crippen LogP contribution is 2.47. The Balaban J connectivity index is 1.66. The van der Waals surface area contributed by atoms with Gasteiger partial charge in [0.05, 0.1) is 6.61 Å². The molecule has 1 unspecified atom stereocenters. The molecule has 2 aromatic rings. The van der Waals surface area contributed by atoms with Crippen LogP contribution in [0.4, 0.5) is 4.39 Å². The number of aryl methyl sites for hydroxylation is 1. The standard InChI is InChI=1S/C23H24FNO2/c24-20-10-9-19-17(11-12-23(19,26)25-13-2-1-3-14-25)21(20)18-8-4-6-16-7-5-15-27-22(16)18/h1-2,4,6,8-10,26H,3,5,7,11-15H2.